The lowest BCUT2D eigenvalue weighted by molar-refractivity contribution is 0.683. The van der Waals surface area contributed by atoms with Gasteiger partial charge in [0, 0.05) is 21.2 Å². The van der Waals surface area contributed by atoms with Crippen molar-refractivity contribution in [3.05, 3.63) is 39.3 Å². The summed E-state index contributed by atoms with van der Waals surface area (Å²) >= 11 is 4.84. The molecule has 6 heteroatoms. The van der Waals surface area contributed by atoms with E-state index in [0.717, 1.165) is 9.35 Å². The van der Waals surface area contributed by atoms with Crippen LogP contribution in [0.25, 0.3) is 0 Å². The van der Waals surface area contributed by atoms with Crippen LogP contribution in [0.15, 0.2) is 39.3 Å². The molecule has 1 aromatic heterocycles. The minimum absolute atomic E-state index is 0.464. The minimum Gasteiger partial charge on any atom is -0.398 e. The third-order valence-electron chi connectivity index (χ3n) is 1.98. The number of hydrogen-bond donors (Lipinski definition) is 1. The van der Waals surface area contributed by atoms with Crippen LogP contribution in [0.1, 0.15) is 4.88 Å². The predicted molar refractivity (Wildman–Crippen MR) is 70.8 cm³/mol. The van der Waals surface area contributed by atoms with Crippen molar-refractivity contribution in [2.75, 3.05) is 5.73 Å². The summed E-state index contributed by atoms with van der Waals surface area (Å²) in [7, 11) is -1.12. The van der Waals surface area contributed by atoms with E-state index in [9.17, 15) is 4.21 Å². The van der Waals surface area contributed by atoms with Crippen LogP contribution in [0.2, 0.25) is 0 Å². The number of hydrogen-bond acceptors (Lipinski definition) is 4. The van der Waals surface area contributed by atoms with Crippen LogP contribution < -0.4 is 5.73 Å². The van der Waals surface area contributed by atoms with Crippen LogP contribution in [0.3, 0.4) is 0 Å². The Bertz CT molecular complexity index is 514. The lowest BCUT2D eigenvalue weighted by Gasteiger charge is -2.05. The normalized spacial score (nSPS) is 12.6. The van der Waals surface area contributed by atoms with Crippen LogP contribution in [0.5, 0.6) is 0 Å². The molecule has 16 heavy (non-hydrogen) atoms. The number of rotatable bonds is 3. The molecule has 0 aliphatic rings. The number of nitrogen functional groups attached to an aromatic ring is 1. The molecule has 1 aromatic carbocycles. The van der Waals surface area contributed by atoms with E-state index in [1.165, 1.54) is 11.3 Å². The summed E-state index contributed by atoms with van der Waals surface area (Å²) in [4.78, 5) is 5.62. The van der Waals surface area contributed by atoms with Gasteiger partial charge in [-0.2, -0.15) is 0 Å². The molecule has 3 nitrogen and oxygen atoms in total. The SMILES string of the molecule is Nc1ccc(Br)cc1S(=O)Cc1cncs1. The van der Waals surface area contributed by atoms with Crippen molar-refractivity contribution in [3.63, 3.8) is 0 Å². The van der Waals surface area contributed by atoms with Crippen LogP contribution in [0, 0.1) is 0 Å². The molecule has 0 aliphatic carbocycles. The summed E-state index contributed by atoms with van der Waals surface area (Å²) in [5.74, 6) is 0.464. The molecular weight excluding hydrogens is 308 g/mol. The summed E-state index contributed by atoms with van der Waals surface area (Å²) in [6, 6.07) is 5.39. The number of thiazole rings is 1. The fourth-order valence-corrected chi connectivity index (χ4v) is 3.79. The number of aromatic nitrogens is 1. The van der Waals surface area contributed by atoms with Gasteiger partial charge in [0.2, 0.25) is 0 Å². The van der Waals surface area contributed by atoms with E-state index in [1.807, 2.05) is 6.07 Å². The van der Waals surface area contributed by atoms with Gasteiger partial charge in [-0.15, -0.1) is 11.3 Å². The van der Waals surface area contributed by atoms with Gasteiger partial charge in [0.25, 0.3) is 0 Å². The molecule has 0 radical (unpaired) electrons. The first-order valence-electron chi connectivity index (χ1n) is 4.47. The van der Waals surface area contributed by atoms with Gasteiger partial charge in [-0.1, -0.05) is 15.9 Å². The maximum Gasteiger partial charge on any atom is 0.0794 e. The molecule has 0 amide bonds. The van der Waals surface area contributed by atoms with Gasteiger partial charge < -0.3 is 5.73 Å². The number of halogens is 1. The lowest BCUT2D eigenvalue weighted by Crippen LogP contribution is -1.99. The molecule has 2 aromatic rings. The molecule has 1 atom stereocenters. The predicted octanol–water partition coefficient (Wildman–Crippen LogP) is 2.80. The molecule has 2 rings (SSSR count). The van der Waals surface area contributed by atoms with Gasteiger partial charge >= 0.3 is 0 Å². The van der Waals surface area contributed by atoms with E-state index in [1.54, 1.807) is 23.8 Å². The van der Waals surface area contributed by atoms with Crippen molar-refractivity contribution < 1.29 is 4.21 Å². The molecule has 0 saturated heterocycles. The maximum absolute atomic E-state index is 12.1. The second kappa shape index (κ2) is 5.07. The Morgan fingerprint density at radius 1 is 1.50 bits per heavy atom. The van der Waals surface area contributed by atoms with E-state index in [0.29, 0.717) is 16.3 Å². The van der Waals surface area contributed by atoms with E-state index in [4.69, 9.17) is 5.73 Å². The molecule has 0 fully saturated rings. The van der Waals surface area contributed by atoms with Gasteiger partial charge in [0.05, 0.1) is 27.0 Å². The Labute approximate surface area is 108 Å². The highest BCUT2D eigenvalue weighted by Gasteiger charge is 2.10. The third-order valence-corrected chi connectivity index (χ3v) is 4.85. The van der Waals surface area contributed by atoms with Gasteiger partial charge in [0.15, 0.2) is 0 Å². The Morgan fingerprint density at radius 3 is 3.00 bits per heavy atom. The molecule has 84 valence electrons. The molecular formula is C10H9BrN2OS2. The van der Waals surface area contributed by atoms with Gasteiger partial charge in [-0.3, -0.25) is 9.19 Å². The fourth-order valence-electron chi connectivity index (χ4n) is 1.23. The van der Waals surface area contributed by atoms with Crippen LogP contribution in [-0.2, 0) is 16.6 Å². The Balaban J connectivity index is 2.24. The first kappa shape index (κ1) is 11.8. The smallest absolute Gasteiger partial charge is 0.0794 e. The summed E-state index contributed by atoms with van der Waals surface area (Å²) in [6.07, 6.45) is 1.73. The first-order chi connectivity index (χ1) is 7.66. The van der Waals surface area contributed by atoms with E-state index >= 15 is 0 Å². The van der Waals surface area contributed by atoms with Crippen molar-refractivity contribution in [3.8, 4) is 0 Å². The average Bonchev–Trinajstić information content (AvgIpc) is 2.74. The third kappa shape index (κ3) is 2.69. The Kier molecular flexibility index (Phi) is 3.73. The number of nitrogens with two attached hydrogens (primary N) is 1. The minimum atomic E-state index is -1.12. The summed E-state index contributed by atoms with van der Waals surface area (Å²) in [6.45, 7) is 0. The summed E-state index contributed by atoms with van der Waals surface area (Å²) in [5, 5.41) is 0. The molecule has 2 N–H and O–H groups in total. The van der Waals surface area contributed by atoms with Gasteiger partial charge in [-0.05, 0) is 18.2 Å². The van der Waals surface area contributed by atoms with E-state index < -0.39 is 10.8 Å². The molecule has 0 spiro atoms. The highest BCUT2D eigenvalue weighted by atomic mass is 79.9. The number of benzene rings is 1. The van der Waals surface area contributed by atoms with Crippen molar-refractivity contribution >= 4 is 43.8 Å². The maximum atomic E-state index is 12.1. The zero-order chi connectivity index (χ0) is 11.5. The number of nitrogens with zero attached hydrogens (tertiary/aromatic N) is 1. The monoisotopic (exact) mass is 316 g/mol. The quantitative estimate of drug-likeness (QED) is 0.886. The van der Waals surface area contributed by atoms with Gasteiger partial charge in [0.1, 0.15) is 0 Å². The van der Waals surface area contributed by atoms with Crippen LogP contribution >= 0.6 is 27.3 Å². The highest BCUT2D eigenvalue weighted by molar-refractivity contribution is 9.10. The first-order valence-corrected chi connectivity index (χ1v) is 7.47. The van der Waals surface area contributed by atoms with Crippen molar-refractivity contribution in [1.29, 1.82) is 0 Å². The highest BCUT2D eigenvalue weighted by Crippen LogP contribution is 2.24. The molecule has 1 heterocycles. The van der Waals surface area contributed by atoms with Crippen molar-refractivity contribution in [1.82, 2.24) is 4.98 Å². The largest absolute Gasteiger partial charge is 0.398 e. The van der Waals surface area contributed by atoms with Crippen molar-refractivity contribution in [2.24, 2.45) is 0 Å². The van der Waals surface area contributed by atoms with Crippen molar-refractivity contribution in [2.45, 2.75) is 10.6 Å². The lowest BCUT2D eigenvalue weighted by atomic mass is 10.3. The van der Waals surface area contributed by atoms with Crippen LogP contribution in [-0.4, -0.2) is 9.19 Å². The molecule has 0 aliphatic heterocycles. The van der Waals surface area contributed by atoms with E-state index in [2.05, 4.69) is 20.9 Å². The Morgan fingerprint density at radius 2 is 2.31 bits per heavy atom. The second-order valence-electron chi connectivity index (χ2n) is 3.14. The van der Waals surface area contributed by atoms with Gasteiger partial charge in [-0.25, -0.2) is 0 Å². The fraction of sp³-hybridized carbons (Fsp3) is 0.100. The molecule has 0 saturated carbocycles. The second-order valence-corrected chi connectivity index (χ2v) is 6.45. The zero-order valence-corrected chi connectivity index (χ0v) is 11.4. The zero-order valence-electron chi connectivity index (χ0n) is 8.22. The average molecular weight is 317 g/mol. The van der Waals surface area contributed by atoms with E-state index in [-0.39, 0.29) is 0 Å². The topological polar surface area (TPSA) is 56.0 Å². The number of anilines is 1. The molecule has 1 unspecified atom stereocenters. The van der Waals surface area contributed by atoms with Crippen LogP contribution in [0.4, 0.5) is 5.69 Å². The summed E-state index contributed by atoms with van der Waals surface area (Å²) in [5.41, 5.74) is 8.09. The standard InChI is InChI=1S/C10H9BrN2OS2/c11-7-1-2-9(12)10(3-7)16(14)5-8-4-13-6-15-8/h1-4,6H,5,12H2. The Hall–Kier alpha value is -0.720. The summed E-state index contributed by atoms with van der Waals surface area (Å²) < 4.78 is 13.0. The molecule has 0 bridgehead atoms.